The van der Waals surface area contributed by atoms with Gasteiger partial charge in [0.1, 0.15) is 0 Å². The minimum atomic E-state index is -1.01. The summed E-state index contributed by atoms with van der Waals surface area (Å²) in [5.41, 5.74) is 0.203. The minimum Gasteiger partial charge on any atom is -0.338 e. The maximum Gasteiger partial charge on any atom is 0.237 e. The minimum absolute atomic E-state index is 0.203. The molecule has 0 saturated carbocycles. The van der Waals surface area contributed by atoms with Gasteiger partial charge in [0, 0.05) is 11.8 Å². The van der Waals surface area contributed by atoms with Gasteiger partial charge < -0.3 is 9.84 Å². The number of benzene rings is 1. The molecular weight excluding hydrogens is 368 g/mol. The topological polar surface area (TPSA) is 68.0 Å². The summed E-state index contributed by atoms with van der Waals surface area (Å²) in [4.78, 5) is 17.3. The standard InChI is InChI=1S/C16H13F2N3O2S2/c1-9(16(22)19-10-4-5-11(17)12(18)7-10)25-8-14-20-15(21-23-14)13-3-2-6-24-13/h2-7,9H,8H2,1H3,(H,19,22). The highest BCUT2D eigenvalue weighted by molar-refractivity contribution is 7.99. The fourth-order valence-corrected chi connectivity index (χ4v) is 3.28. The van der Waals surface area contributed by atoms with Crippen LogP contribution in [0.25, 0.3) is 10.7 Å². The molecule has 1 aromatic carbocycles. The summed E-state index contributed by atoms with van der Waals surface area (Å²) in [5, 5.41) is 7.92. The summed E-state index contributed by atoms with van der Waals surface area (Å²) in [7, 11) is 0. The van der Waals surface area contributed by atoms with Crippen LogP contribution in [0.3, 0.4) is 0 Å². The molecular formula is C16H13F2N3O2S2. The van der Waals surface area contributed by atoms with Crippen LogP contribution in [0.2, 0.25) is 0 Å². The maximum atomic E-state index is 13.2. The molecule has 2 heterocycles. The van der Waals surface area contributed by atoms with E-state index in [1.165, 1.54) is 29.2 Å². The molecule has 9 heteroatoms. The fourth-order valence-electron chi connectivity index (χ4n) is 1.91. The van der Waals surface area contributed by atoms with Gasteiger partial charge in [-0.1, -0.05) is 11.2 Å². The summed E-state index contributed by atoms with van der Waals surface area (Å²) in [6, 6.07) is 7.00. The Morgan fingerprint density at radius 2 is 2.20 bits per heavy atom. The average Bonchev–Trinajstić information content (AvgIpc) is 3.26. The molecule has 130 valence electrons. The molecule has 3 rings (SSSR count). The van der Waals surface area contributed by atoms with Gasteiger partial charge in [0.05, 0.1) is 15.9 Å². The monoisotopic (exact) mass is 381 g/mol. The molecule has 0 fully saturated rings. The number of anilines is 1. The molecule has 0 spiro atoms. The van der Waals surface area contributed by atoms with Crippen LogP contribution in [0.4, 0.5) is 14.5 Å². The molecule has 0 bridgehead atoms. The summed E-state index contributed by atoms with van der Waals surface area (Å²) < 4.78 is 31.2. The number of aromatic nitrogens is 2. The molecule has 0 aliphatic carbocycles. The van der Waals surface area contributed by atoms with Crippen LogP contribution in [0.1, 0.15) is 12.8 Å². The van der Waals surface area contributed by atoms with Gasteiger partial charge >= 0.3 is 0 Å². The Kier molecular flexibility index (Phi) is 5.44. The molecule has 3 aromatic rings. The second kappa shape index (κ2) is 7.75. The summed E-state index contributed by atoms with van der Waals surface area (Å²) >= 11 is 2.81. The molecule has 1 amide bonds. The number of nitrogens with one attached hydrogen (secondary N) is 1. The van der Waals surface area contributed by atoms with Gasteiger partial charge in [-0.2, -0.15) is 4.98 Å². The van der Waals surface area contributed by atoms with Crippen LogP contribution in [0, 0.1) is 11.6 Å². The van der Waals surface area contributed by atoms with Gasteiger partial charge in [-0.3, -0.25) is 4.79 Å². The number of carbonyl (C=O) groups is 1. The van der Waals surface area contributed by atoms with Crippen molar-refractivity contribution < 1.29 is 18.1 Å². The predicted octanol–water partition coefficient (Wildman–Crippen LogP) is 4.34. The van der Waals surface area contributed by atoms with Crippen molar-refractivity contribution in [1.82, 2.24) is 10.1 Å². The Bertz CT molecular complexity index is 868. The third-order valence-corrected chi connectivity index (χ3v) is 5.22. The third kappa shape index (κ3) is 4.43. The molecule has 0 saturated heterocycles. The Morgan fingerprint density at radius 3 is 2.92 bits per heavy atom. The van der Waals surface area contributed by atoms with Crippen LogP contribution in [-0.4, -0.2) is 21.3 Å². The summed E-state index contributed by atoms with van der Waals surface area (Å²) in [6.07, 6.45) is 0. The van der Waals surface area contributed by atoms with E-state index in [1.54, 1.807) is 6.92 Å². The maximum absolute atomic E-state index is 13.2. The average molecular weight is 381 g/mol. The highest BCUT2D eigenvalue weighted by atomic mass is 32.2. The van der Waals surface area contributed by atoms with Crippen molar-refractivity contribution >= 4 is 34.7 Å². The van der Waals surface area contributed by atoms with Crippen LogP contribution in [-0.2, 0) is 10.5 Å². The van der Waals surface area contributed by atoms with E-state index in [0.29, 0.717) is 17.5 Å². The lowest BCUT2D eigenvalue weighted by atomic mass is 10.3. The summed E-state index contributed by atoms with van der Waals surface area (Å²) in [6.45, 7) is 1.70. The molecule has 0 aliphatic rings. The Morgan fingerprint density at radius 1 is 1.36 bits per heavy atom. The van der Waals surface area contributed by atoms with Gasteiger partial charge in [0.15, 0.2) is 11.6 Å². The molecule has 5 nitrogen and oxygen atoms in total. The van der Waals surface area contributed by atoms with Crippen molar-refractivity contribution in [2.45, 2.75) is 17.9 Å². The van der Waals surface area contributed by atoms with Gasteiger partial charge in [0.2, 0.25) is 17.6 Å². The highest BCUT2D eigenvalue weighted by Crippen LogP contribution is 2.24. The third-order valence-electron chi connectivity index (χ3n) is 3.22. The first-order valence-electron chi connectivity index (χ1n) is 7.27. The number of carbonyl (C=O) groups excluding carboxylic acids is 1. The molecule has 0 radical (unpaired) electrons. The number of rotatable bonds is 6. The number of hydrogen-bond donors (Lipinski definition) is 1. The number of thioether (sulfide) groups is 1. The zero-order valence-electron chi connectivity index (χ0n) is 13.0. The second-order valence-electron chi connectivity index (χ2n) is 5.06. The van der Waals surface area contributed by atoms with E-state index >= 15 is 0 Å². The van der Waals surface area contributed by atoms with E-state index in [0.717, 1.165) is 17.0 Å². The van der Waals surface area contributed by atoms with E-state index in [2.05, 4.69) is 15.5 Å². The second-order valence-corrected chi connectivity index (χ2v) is 7.34. The molecule has 0 aliphatic heterocycles. The van der Waals surface area contributed by atoms with E-state index in [4.69, 9.17) is 4.52 Å². The highest BCUT2D eigenvalue weighted by Gasteiger charge is 2.17. The van der Waals surface area contributed by atoms with E-state index in [1.807, 2.05) is 17.5 Å². The van der Waals surface area contributed by atoms with Crippen LogP contribution in [0.15, 0.2) is 40.2 Å². The van der Waals surface area contributed by atoms with E-state index in [9.17, 15) is 13.6 Å². The normalized spacial score (nSPS) is 12.1. The molecule has 25 heavy (non-hydrogen) atoms. The van der Waals surface area contributed by atoms with Gasteiger partial charge in [-0.05, 0) is 30.5 Å². The van der Waals surface area contributed by atoms with E-state index in [-0.39, 0.29) is 11.6 Å². The number of halogens is 2. The Hall–Kier alpha value is -2.26. The lowest BCUT2D eigenvalue weighted by molar-refractivity contribution is -0.115. The van der Waals surface area contributed by atoms with Crippen LogP contribution >= 0.6 is 23.1 Å². The van der Waals surface area contributed by atoms with Gasteiger partial charge in [0.25, 0.3) is 0 Å². The largest absolute Gasteiger partial charge is 0.338 e. The molecule has 1 unspecified atom stereocenters. The van der Waals surface area contributed by atoms with Gasteiger partial charge in [-0.15, -0.1) is 23.1 Å². The fraction of sp³-hybridized carbons (Fsp3) is 0.188. The lowest BCUT2D eigenvalue weighted by Crippen LogP contribution is -2.22. The number of hydrogen-bond acceptors (Lipinski definition) is 6. The molecule has 1 N–H and O–H groups in total. The number of nitrogens with zero attached hydrogens (tertiary/aromatic N) is 2. The predicted molar refractivity (Wildman–Crippen MR) is 93.4 cm³/mol. The van der Waals surface area contributed by atoms with Crippen LogP contribution < -0.4 is 5.32 Å². The first-order chi connectivity index (χ1) is 12.0. The van der Waals surface area contributed by atoms with Crippen LogP contribution in [0.5, 0.6) is 0 Å². The van der Waals surface area contributed by atoms with Crippen molar-refractivity contribution in [2.24, 2.45) is 0 Å². The van der Waals surface area contributed by atoms with Crippen molar-refractivity contribution in [3.63, 3.8) is 0 Å². The van der Waals surface area contributed by atoms with E-state index < -0.39 is 16.9 Å². The molecule has 2 aromatic heterocycles. The Balaban J connectivity index is 1.54. The first kappa shape index (κ1) is 17.6. The number of thiophene rings is 1. The van der Waals surface area contributed by atoms with Crippen molar-refractivity contribution in [3.8, 4) is 10.7 Å². The quantitative estimate of drug-likeness (QED) is 0.688. The molecule has 1 atom stereocenters. The SMILES string of the molecule is CC(SCc1nc(-c2cccs2)no1)C(=O)Nc1ccc(F)c(F)c1. The lowest BCUT2D eigenvalue weighted by Gasteiger charge is -2.11. The zero-order valence-corrected chi connectivity index (χ0v) is 14.7. The first-order valence-corrected chi connectivity index (χ1v) is 9.20. The van der Waals surface area contributed by atoms with Crippen molar-refractivity contribution in [2.75, 3.05) is 5.32 Å². The Labute approximate surface area is 150 Å². The smallest absolute Gasteiger partial charge is 0.237 e. The van der Waals surface area contributed by atoms with Crippen molar-refractivity contribution in [3.05, 3.63) is 53.2 Å². The zero-order chi connectivity index (χ0) is 17.8. The number of amides is 1. The van der Waals surface area contributed by atoms with Gasteiger partial charge in [-0.25, -0.2) is 8.78 Å². The van der Waals surface area contributed by atoms with Crippen molar-refractivity contribution in [1.29, 1.82) is 0 Å². The summed E-state index contributed by atoms with van der Waals surface area (Å²) in [5.74, 6) is -0.993.